The summed E-state index contributed by atoms with van der Waals surface area (Å²) in [7, 11) is 0. The van der Waals surface area contributed by atoms with Crippen LogP contribution in [0.5, 0.6) is 0 Å². The molecule has 1 unspecified atom stereocenters. The average Bonchev–Trinajstić information content (AvgIpc) is 3.15. The van der Waals surface area contributed by atoms with Crippen LogP contribution >= 0.6 is 0 Å². The van der Waals surface area contributed by atoms with Gasteiger partial charge in [0.15, 0.2) is 5.43 Å². The minimum atomic E-state index is -0.462. The second kappa shape index (κ2) is 8.38. The summed E-state index contributed by atoms with van der Waals surface area (Å²) in [5.74, 6) is -0.0535. The molecule has 0 radical (unpaired) electrons. The van der Waals surface area contributed by atoms with Crippen LogP contribution in [0.2, 0.25) is 0 Å². The van der Waals surface area contributed by atoms with Crippen molar-refractivity contribution < 1.29 is 13.9 Å². The zero-order valence-corrected chi connectivity index (χ0v) is 19.1. The Bertz CT molecular complexity index is 1450. The monoisotopic (exact) mass is 454 g/mol. The van der Waals surface area contributed by atoms with Gasteiger partial charge in [-0.3, -0.25) is 14.5 Å². The third-order valence-electron chi connectivity index (χ3n) is 7.01. The topological polar surface area (TPSA) is 63.0 Å². The van der Waals surface area contributed by atoms with Crippen molar-refractivity contribution in [3.05, 3.63) is 93.3 Å². The van der Waals surface area contributed by atoms with Gasteiger partial charge in [0.2, 0.25) is 5.76 Å². The van der Waals surface area contributed by atoms with Crippen LogP contribution in [0.4, 0.5) is 0 Å². The highest BCUT2D eigenvalue weighted by molar-refractivity contribution is 6.06. The van der Waals surface area contributed by atoms with Crippen molar-refractivity contribution in [1.82, 2.24) is 9.80 Å². The van der Waals surface area contributed by atoms with Gasteiger partial charge in [0.25, 0.3) is 5.91 Å². The Hall–Kier alpha value is -3.48. The normalized spacial score (nSPS) is 18.7. The lowest BCUT2D eigenvalue weighted by atomic mass is 9.97. The summed E-state index contributed by atoms with van der Waals surface area (Å²) < 4.78 is 11.7. The molecule has 4 aromatic rings. The summed E-state index contributed by atoms with van der Waals surface area (Å²) in [6, 6.07) is 19.1. The van der Waals surface area contributed by atoms with Crippen molar-refractivity contribution in [3.8, 4) is 0 Å². The summed E-state index contributed by atoms with van der Waals surface area (Å²) >= 11 is 0. The first-order chi connectivity index (χ1) is 16.6. The Morgan fingerprint density at radius 2 is 1.65 bits per heavy atom. The highest BCUT2D eigenvalue weighted by atomic mass is 16.5. The summed E-state index contributed by atoms with van der Waals surface area (Å²) in [5, 5.41) is 2.33. The molecule has 3 aromatic carbocycles. The van der Waals surface area contributed by atoms with E-state index in [0.29, 0.717) is 36.3 Å². The standard InChI is InChI=1S/C28H26N2O4/c1-18-6-8-20(9-7-18)24-23-25(31)22-11-10-19-4-2-3-5-21(19)26(22)34-27(23)28(32)30(24)13-12-29-14-16-33-17-15-29/h2-11,24H,12-17H2,1H3. The summed E-state index contributed by atoms with van der Waals surface area (Å²) in [6.07, 6.45) is 0. The number of hydrogen-bond donors (Lipinski definition) is 0. The van der Waals surface area contributed by atoms with Gasteiger partial charge < -0.3 is 14.1 Å². The number of hydrogen-bond acceptors (Lipinski definition) is 5. The van der Waals surface area contributed by atoms with Gasteiger partial charge in [-0.25, -0.2) is 0 Å². The van der Waals surface area contributed by atoms with Crippen molar-refractivity contribution in [2.24, 2.45) is 0 Å². The Labute approximate surface area is 197 Å². The number of benzene rings is 3. The zero-order chi connectivity index (χ0) is 23.2. The highest BCUT2D eigenvalue weighted by Crippen LogP contribution is 2.39. The summed E-state index contributed by atoms with van der Waals surface area (Å²) in [6.45, 7) is 6.36. The minimum absolute atomic E-state index is 0.130. The molecule has 172 valence electrons. The van der Waals surface area contributed by atoms with Gasteiger partial charge in [-0.1, -0.05) is 60.2 Å². The Kier molecular flexibility index (Phi) is 5.20. The van der Waals surface area contributed by atoms with Crippen molar-refractivity contribution in [3.63, 3.8) is 0 Å². The Balaban J connectivity index is 1.50. The van der Waals surface area contributed by atoms with Gasteiger partial charge >= 0.3 is 0 Å². The van der Waals surface area contributed by atoms with E-state index in [2.05, 4.69) is 4.90 Å². The van der Waals surface area contributed by atoms with Gasteiger partial charge in [0.1, 0.15) is 5.58 Å². The number of aryl methyl sites for hydroxylation is 1. The van der Waals surface area contributed by atoms with E-state index in [1.165, 1.54) is 0 Å². The molecule has 0 spiro atoms. The first-order valence-electron chi connectivity index (χ1n) is 11.8. The molecule has 0 N–H and O–H groups in total. The van der Waals surface area contributed by atoms with Gasteiger partial charge in [-0.05, 0) is 23.9 Å². The first-order valence-corrected chi connectivity index (χ1v) is 11.8. The number of morpholine rings is 1. The summed E-state index contributed by atoms with van der Waals surface area (Å²) in [5.41, 5.74) is 2.85. The number of rotatable bonds is 4. The quantitative estimate of drug-likeness (QED) is 0.434. The van der Waals surface area contributed by atoms with Gasteiger partial charge in [0.05, 0.1) is 30.2 Å². The van der Waals surface area contributed by atoms with E-state index in [0.717, 1.165) is 41.5 Å². The van der Waals surface area contributed by atoms with Crippen LogP contribution in [0.1, 0.15) is 33.3 Å². The molecule has 3 heterocycles. The maximum atomic E-state index is 13.8. The molecule has 1 saturated heterocycles. The molecule has 1 atom stereocenters. The molecule has 1 amide bonds. The predicted octanol–water partition coefficient (Wildman–Crippen LogP) is 4.13. The Morgan fingerprint density at radius 3 is 2.44 bits per heavy atom. The van der Waals surface area contributed by atoms with Crippen molar-refractivity contribution >= 4 is 27.6 Å². The highest BCUT2D eigenvalue weighted by Gasteiger charge is 2.42. The Morgan fingerprint density at radius 1 is 0.882 bits per heavy atom. The molecule has 0 saturated carbocycles. The maximum absolute atomic E-state index is 13.8. The van der Waals surface area contributed by atoms with Crippen LogP contribution in [0.3, 0.4) is 0 Å². The van der Waals surface area contributed by atoms with Crippen LogP contribution in [0.25, 0.3) is 21.7 Å². The molecule has 2 aliphatic rings. The zero-order valence-electron chi connectivity index (χ0n) is 19.1. The van der Waals surface area contributed by atoms with E-state index in [1.807, 2.05) is 67.6 Å². The molecule has 1 fully saturated rings. The van der Waals surface area contributed by atoms with Gasteiger partial charge in [-0.2, -0.15) is 0 Å². The molecule has 6 nitrogen and oxygen atoms in total. The van der Waals surface area contributed by atoms with Crippen LogP contribution in [-0.2, 0) is 4.74 Å². The molecule has 34 heavy (non-hydrogen) atoms. The number of ether oxygens (including phenoxy) is 1. The largest absolute Gasteiger partial charge is 0.450 e. The molecule has 1 aromatic heterocycles. The third-order valence-corrected chi connectivity index (χ3v) is 7.01. The van der Waals surface area contributed by atoms with Crippen molar-refractivity contribution in [2.45, 2.75) is 13.0 Å². The second-order valence-electron chi connectivity index (χ2n) is 9.10. The molecule has 0 aliphatic carbocycles. The molecule has 6 rings (SSSR count). The summed E-state index contributed by atoms with van der Waals surface area (Å²) in [4.78, 5) is 31.6. The lowest BCUT2D eigenvalue weighted by Crippen LogP contribution is -2.42. The van der Waals surface area contributed by atoms with Crippen LogP contribution in [-0.4, -0.2) is 55.1 Å². The number of carbonyl (C=O) groups excluding carboxylic acids is 1. The van der Waals surface area contributed by atoms with E-state index in [-0.39, 0.29) is 17.1 Å². The fraction of sp³-hybridized carbons (Fsp3) is 0.286. The van der Waals surface area contributed by atoms with E-state index in [1.54, 1.807) is 4.90 Å². The first kappa shape index (κ1) is 21.1. The predicted molar refractivity (Wildman–Crippen MR) is 131 cm³/mol. The third kappa shape index (κ3) is 3.42. The number of amides is 1. The number of nitrogens with zero attached hydrogens (tertiary/aromatic N) is 2. The van der Waals surface area contributed by atoms with Gasteiger partial charge in [-0.15, -0.1) is 0 Å². The SMILES string of the molecule is Cc1ccc(C2c3c(oc4c(ccc5ccccc54)c3=O)C(=O)N2CCN2CCOCC2)cc1. The van der Waals surface area contributed by atoms with E-state index < -0.39 is 6.04 Å². The molecule has 2 aliphatic heterocycles. The van der Waals surface area contributed by atoms with Crippen LogP contribution < -0.4 is 5.43 Å². The smallest absolute Gasteiger partial charge is 0.290 e. The van der Waals surface area contributed by atoms with E-state index in [9.17, 15) is 9.59 Å². The maximum Gasteiger partial charge on any atom is 0.290 e. The second-order valence-corrected chi connectivity index (χ2v) is 9.10. The van der Waals surface area contributed by atoms with Crippen molar-refractivity contribution in [2.75, 3.05) is 39.4 Å². The fourth-order valence-corrected chi connectivity index (χ4v) is 5.15. The average molecular weight is 455 g/mol. The van der Waals surface area contributed by atoms with Gasteiger partial charge in [0, 0.05) is 31.6 Å². The molecule has 6 heteroatoms. The van der Waals surface area contributed by atoms with E-state index >= 15 is 0 Å². The minimum Gasteiger partial charge on any atom is -0.450 e. The lowest BCUT2D eigenvalue weighted by Gasteiger charge is -2.31. The number of fused-ring (bicyclic) bond motifs is 4. The van der Waals surface area contributed by atoms with E-state index in [4.69, 9.17) is 9.15 Å². The molecular weight excluding hydrogens is 428 g/mol. The van der Waals surface area contributed by atoms with Crippen LogP contribution in [0.15, 0.2) is 69.9 Å². The lowest BCUT2D eigenvalue weighted by molar-refractivity contribution is 0.0314. The molecular formula is C28H26N2O4. The molecule has 0 bridgehead atoms. The van der Waals surface area contributed by atoms with Crippen LogP contribution in [0, 0.1) is 6.92 Å². The number of carbonyl (C=O) groups is 1. The van der Waals surface area contributed by atoms with Crippen molar-refractivity contribution in [1.29, 1.82) is 0 Å². The fourth-order valence-electron chi connectivity index (χ4n) is 5.15.